The summed E-state index contributed by atoms with van der Waals surface area (Å²) in [7, 11) is 0. The number of piperazine rings is 1. The molecule has 0 bridgehead atoms. The summed E-state index contributed by atoms with van der Waals surface area (Å²) in [6.45, 7) is 8.77. The number of nitrogens with zero attached hydrogens (tertiary/aromatic N) is 2. The van der Waals surface area contributed by atoms with E-state index in [1.54, 1.807) is 11.3 Å². The van der Waals surface area contributed by atoms with Crippen molar-refractivity contribution < 1.29 is 0 Å². The molecule has 4 heteroatoms. The Morgan fingerprint density at radius 2 is 2.12 bits per heavy atom. The molecule has 0 aliphatic carbocycles. The van der Waals surface area contributed by atoms with Crippen molar-refractivity contribution in [3.8, 4) is 0 Å². The van der Waals surface area contributed by atoms with Gasteiger partial charge in [-0.25, -0.2) is 0 Å². The lowest BCUT2D eigenvalue weighted by Crippen LogP contribution is -2.48. The molecule has 1 aliphatic heterocycles. The highest BCUT2D eigenvalue weighted by Crippen LogP contribution is 2.23. The molecule has 1 fully saturated rings. The summed E-state index contributed by atoms with van der Waals surface area (Å²) >= 11 is 1.76. The lowest BCUT2D eigenvalue weighted by atomic mass is 10.1. The second kappa shape index (κ2) is 5.77. The zero-order chi connectivity index (χ0) is 11.4. The summed E-state index contributed by atoms with van der Waals surface area (Å²) in [5.41, 5.74) is 7.30. The van der Waals surface area contributed by atoms with Gasteiger partial charge in [0.15, 0.2) is 0 Å². The lowest BCUT2D eigenvalue weighted by molar-refractivity contribution is 0.102. The predicted octanol–water partition coefficient (Wildman–Crippen LogP) is 1.39. The zero-order valence-corrected chi connectivity index (χ0v) is 10.7. The number of hydrogen-bond donors (Lipinski definition) is 1. The summed E-state index contributed by atoms with van der Waals surface area (Å²) in [5, 5.41) is 4.37. The second-order valence-corrected chi connectivity index (χ2v) is 5.06. The highest BCUT2D eigenvalue weighted by Gasteiger charge is 2.23. The van der Waals surface area contributed by atoms with E-state index in [1.807, 2.05) is 0 Å². The highest BCUT2D eigenvalue weighted by molar-refractivity contribution is 7.07. The zero-order valence-electron chi connectivity index (χ0n) is 9.93. The molecule has 0 saturated carbocycles. The Balaban J connectivity index is 1.96. The third kappa shape index (κ3) is 2.63. The Morgan fingerprint density at radius 3 is 2.62 bits per heavy atom. The molecule has 1 saturated heterocycles. The molecule has 1 aromatic heterocycles. The van der Waals surface area contributed by atoms with Gasteiger partial charge >= 0.3 is 0 Å². The molecule has 90 valence electrons. The minimum atomic E-state index is 0.422. The van der Waals surface area contributed by atoms with Gasteiger partial charge in [0.1, 0.15) is 0 Å². The van der Waals surface area contributed by atoms with E-state index >= 15 is 0 Å². The monoisotopic (exact) mass is 239 g/mol. The molecule has 1 atom stereocenters. The molecular formula is C12H21N3S. The van der Waals surface area contributed by atoms with Crippen LogP contribution in [0.3, 0.4) is 0 Å². The van der Waals surface area contributed by atoms with Gasteiger partial charge in [-0.05, 0) is 28.9 Å². The SMILES string of the molecule is CCN1CCN(C(CN)c2ccsc2)CC1. The fourth-order valence-corrected chi connectivity index (χ4v) is 3.06. The van der Waals surface area contributed by atoms with E-state index in [2.05, 4.69) is 33.6 Å². The van der Waals surface area contributed by atoms with Gasteiger partial charge in [0.05, 0.1) is 0 Å². The molecule has 2 heterocycles. The summed E-state index contributed by atoms with van der Waals surface area (Å²) in [5.74, 6) is 0. The van der Waals surface area contributed by atoms with Gasteiger partial charge in [-0.1, -0.05) is 6.92 Å². The Hall–Kier alpha value is -0.420. The maximum Gasteiger partial charge on any atom is 0.0479 e. The quantitative estimate of drug-likeness (QED) is 0.862. The Kier molecular flexibility index (Phi) is 4.35. The molecule has 2 rings (SSSR count). The topological polar surface area (TPSA) is 32.5 Å². The first-order valence-electron chi connectivity index (χ1n) is 6.03. The van der Waals surface area contributed by atoms with Crippen molar-refractivity contribution in [1.82, 2.24) is 9.80 Å². The van der Waals surface area contributed by atoms with Gasteiger partial charge in [0.25, 0.3) is 0 Å². The van der Waals surface area contributed by atoms with Crippen LogP contribution >= 0.6 is 11.3 Å². The summed E-state index contributed by atoms with van der Waals surface area (Å²) in [4.78, 5) is 5.02. The van der Waals surface area contributed by atoms with Crippen LogP contribution in [0, 0.1) is 0 Å². The predicted molar refractivity (Wildman–Crippen MR) is 69.8 cm³/mol. The van der Waals surface area contributed by atoms with Crippen molar-refractivity contribution in [2.75, 3.05) is 39.3 Å². The van der Waals surface area contributed by atoms with Crippen LogP contribution in [0.25, 0.3) is 0 Å². The smallest absolute Gasteiger partial charge is 0.0479 e. The van der Waals surface area contributed by atoms with Crippen molar-refractivity contribution in [2.24, 2.45) is 5.73 Å². The minimum absolute atomic E-state index is 0.422. The van der Waals surface area contributed by atoms with E-state index in [0.29, 0.717) is 6.04 Å². The average molecular weight is 239 g/mol. The molecular weight excluding hydrogens is 218 g/mol. The highest BCUT2D eigenvalue weighted by atomic mass is 32.1. The van der Waals surface area contributed by atoms with Crippen LogP contribution in [0.4, 0.5) is 0 Å². The molecule has 0 aromatic carbocycles. The molecule has 2 N–H and O–H groups in total. The molecule has 0 spiro atoms. The number of likely N-dealkylation sites (N-methyl/N-ethyl adjacent to an activating group) is 1. The maximum atomic E-state index is 5.91. The summed E-state index contributed by atoms with van der Waals surface area (Å²) in [6.07, 6.45) is 0. The van der Waals surface area contributed by atoms with Crippen LogP contribution in [0.1, 0.15) is 18.5 Å². The number of hydrogen-bond acceptors (Lipinski definition) is 4. The molecule has 0 radical (unpaired) electrons. The van der Waals surface area contributed by atoms with Crippen LogP contribution in [0.5, 0.6) is 0 Å². The van der Waals surface area contributed by atoms with E-state index in [9.17, 15) is 0 Å². The first-order valence-corrected chi connectivity index (χ1v) is 6.98. The third-order valence-corrected chi connectivity index (χ3v) is 4.15. The molecule has 1 aliphatic rings. The van der Waals surface area contributed by atoms with Crippen molar-refractivity contribution in [1.29, 1.82) is 0 Å². The van der Waals surface area contributed by atoms with E-state index in [-0.39, 0.29) is 0 Å². The Bertz CT molecular complexity index is 291. The Labute approximate surface area is 102 Å². The van der Waals surface area contributed by atoms with Crippen LogP contribution < -0.4 is 5.73 Å². The second-order valence-electron chi connectivity index (χ2n) is 4.28. The minimum Gasteiger partial charge on any atom is -0.329 e. The molecule has 0 amide bonds. The largest absolute Gasteiger partial charge is 0.329 e. The van der Waals surface area contributed by atoms with Crippen LogP contribution in [0.15, 0.2) is 16.8 Å². The molecule has 1 unspecified atom stereocenters. The van der Waals surface area contributed by atoms with Crippen LogP contribution in [-0.2, 0) is 0 Å². The lowest BCUT2D eigenvalue weighted by Gasteiger charge is -2.38. The van der Waals surface area contributed by atoms with Crippen LogP contribution in [0.2, 0.25) is 0 Å². The number of nitrogens with two attached hydrogens (primary N) is 1. The van der Waals surface area contributed by atoms with E-state index < -0.39 is 0 Å². The van der Waals surface area contributed by atoms with E-state index in [1.165, 1.54) is 25.2 Å². The molecule has 3 nitrogen and oxygen atoms in total. The first kappa shape index (κ1) is 12.0. The maximum absolute atomic E-state index is 5.91. The first-order chi connectivity index (χ1) is 7.85. The van der Waals surface area contributed by atoms with Gasteiger partial charge in [-0.2, -0.15) is 11.3 Å². The van der Waals surface area contributed by atoms with Gasteiger partial charge < -0.3 is 10.6 Å². The molecule has 16 heavy (non-hydrogen) atoms. The van der Waals surface area contributed by atoms with Gasteiger partial charge in [-0.15, -0.1) is 0 Å². The Morgan fingerprint density at radius 1 is 1.38 bits per heavy atom. The standard InChI is InChI=1S/C12H21N3S/c1-2-14-4-6-15(7-5-14)12(9-13)11-3-8-16-10-11/h3,8,10,12H,2,4-7,9,13H2,1H3. The van der Waals surface area contributed by atoms with Gasteiger partial charge in [-0.3, -0.25) is 4.90 Å². The molecule has 1 aromatic rings. The van der Waals surface area contributed by atoms with Gasteiger partial charge in [0.2, 0.25) is 0 Å². The van der Waals surface area contributed by atoms with Gasteiger partial charge in [0, 0.05) is 38.8 Å². The fraction of sp³-hybridized carbons (Fsp3) is 0.667. The van der Waals surface area contributed by atoms with Crippen molar-refractivity contribution >= 4 is 11.3 Å². The van der Waals surface area contributed by atoms with Crippen molar-refractivity contribution in [2.45, 2.75) is 13.0 Å². The summed E-state index contributed by atoms with van der Waals surface area (Å²) < 4.78 is 0. The summed E-state index contributed by atoms with van der Waals surface area (Å²) in [6, 6.07) is 2.62. The third-order valence-electron chi connectivity index (χ3n) is 3.45. The van der Waals surface area contributed by atoms with Crippen LogP contribution in [-0.4, -0.2) is 49.1 Å². The number of rotatable bonds is 4. The normalized spacial score (nSPS) is 21.1. The van der Waals surface area contributed by atoms with E-state index in [4.69, 9.17) is 5.73 Å². The number of thiophene rings is 1. The average Bonchev–Trinajstić information content (AvgIpc) is 2.85. The van der Waals surface area contributed by atoms with E-state index in [0.717, 1.165) is 19.6 Å². The van der Waals surface area contributed by atoms with Crippen molar-refractivity contribution in [3.63, 3.8) is 0 Å². The fourth-order valence-electron chi connectivity index (χ4n) is 2.35. The van der Waals surface area contributed by atoms with Crippen molar-refractivity contribution in [3.05, 3.63) is 22.4 Å².